The summed E-state index contributed by atoms with van der Waals surface area (Å²) >= 11 is 0. The highest BCUT2D eigenvalue weighted by atomic mass is 16.8. The van der Waals surface area contributed by atoms with Crippen LogP contribution in [0.3, 0.4) is 0 Å². The van der Waals surface area contributed by atoms with Gasteiger partial charge < -0.3 is 114 Å². The molecule has 0 radical (unpaired) electrons. The molecule has 0 aliphatic carbocycles. The molecule has 0 spiro atoms. The van der Waals surface area contributed by atoms with Crippen LogP contribution in [0.2, 0.25) is 0 Å². The monoisotopic (exact) mass is 822 g/mol. The molecule has 5 rings (SSSR count). The van der Waals surface area contributed by atoms with Crippen LogP contribution < -0.4 is 0 Å². The van der Waals surface area contributed by atoms with Crippen LogP contribution >= 0.6 is 0 Å². The second-order valence-corrected chi connectivity index (χ2v) is 15.0. The lowest BCUT2D eigenvalue weighted by Crippen LogP contribution is -2.67. The zero-order valence-corrected chi connectivity index (χ0v) is 30.9. The molecule has 0 bridgehead atoms. The van der Waals surface area contributed by atoms with Crippen LogP contribution in [0.4, 0.5) is 0 Å². The van der Waals surface area contributed by atoms with Gasteiger partial charge in [0.25, 0.3) is 0 Å². The van der Waals surface area contributed by atoms with E-state index in [9.17, 15) is 71.5 Å². The smallest absolute Gasteiger partial charge is 0.187 e. The quantitative estimate of drug-likeness (QED) is 0.0820. The number of rotatable bonds is 13. The molecule has 0 amide bonds. The van der Waals surface area contributed by atoms with Crippen LogP contribution in [-0.2, 0) is 42.6 Å². The summed E-state index contributed by atoms with van der Waals surface area (Å²) in [6.07, 6.45) is -36.1. The van der Waals surface area contributed by atoms with Crippen molar-refractivity contribution in [1.82, 2.24) is 0 Å². The molecule has 0 aromatic heterocycles. The minimum Gasteiger partial charge on any atom is -0.394 e. The Hall–Kier alpha value is -0.920. The van der Waals surface area contributed by atoms with Gasteiger partial charge in [-0.15, -0.1) is 0 Å². The predicted molar refractivity (Wildman–Crippen MR) is 176 cm³/mol. The van der Waals surface area contributed by atoms with Crippen molar-refractivity contribution in [2.45, 2.75) is 162 Å². The van der Waals surface area contributed by atoms with Gasteiger partial charge in [0.05, 0.1) is 51.3 Å². The molecule has 5 saturated heterocycles. The molecule has 0 saturated carbocycles. The Morgan fingerprint density at radius 1 is 0.357 bits per heavy atom. The van der Waals surface area contributed by atoms with E-state index in [1.165, 1.54) is 6.92 Å². The summed E-state index contributed by atoms with van der Waals surface area (Å²) in [4.78, 5) is 0. The van der Waals surface area contributed by atoms with Crippen molar-refractivity contribution >= 4 is 0 Å². The van der Waals surface area contributed by atoms with Crippen LogP contribution in [0.15, 0.2) is 0 Å². The number of ether oxygens (including phenoxy) is 9. The predicted octanol–water partition coefficient (Wildman–Crippen LogP) is -8.30. The number of hydrogen-bond acceptors (Lipinski definition) is 23. The van der Waals surface area contributed by atoms with E-state index < -0.39 is 186 Å². The molecule has 23 nitrogen and oxygen atoms in total. The van der Waals surface area contributed by atoms with Crippen molar-refractivity contribution in [3.63, 3.8) is 0 Å². The van der Waals surface area contributed by atoms with Crippen LogP contribution in [-0.4, -0.2) is 246 Å². The van der Waals surface area contributed by atoms with Gasteiger partial charge in [0.2, 0.25) is 0 Å². The fourth-order valence-electron chi connectivity index (χ4n) is 7.47. The van der Waals surface area contributed by atoms with Crippen molar-refractivity contribution in [3.05, 3.63) is 0 Å². The topological polar surface area (TPSA) is 366 Å². The van der Waals surface area contributed by atoms with Gasteiger partial charge in [0.1, 0.15) is 97.7 Å². The molecule has 0 aromatic carbocycles. The fraction of sp³-hybridized carbons (Fsp3) is 1.00. The first-order valence-corrected chi connectivity index (χ1v) is 18.6. The molecule has 5 aliphatic heterocycles. The maximum Gasteiger partial charge on any atom is 0.187 e. The van der Waals surface area contributed by atoms with Gasteiger partial charge in [0.15, 0.2) is 25.2 Å². The van der Waals surface area contributed by atoms with Crippen molar-refractivity contribution in [3.8, 4) is 0 Å². The van der Waals surface area contributed by atoms with Crippen LogP contribution in [0.5, 0.6) is 0 Å². The summed E-state index contributed by atoms with van der Waals surface area (Å²) in [5.74, 6) is -1.38. The molecule has 5 heterocycles. The van der Waals surface area contributed by atoms with Crippen LogP contribution in [0.25, 0.3) is 0 Å². The second-order valence-electron chi connectivity index (χ2n) is 15.0. The third kappa shape index (κ3) is 9.35. The molecular formula is C33H58O23. The average Bonchev–Trinajstić information content (AvgIpc) is 3.19. The molecule has 23 heteroatoms. The molecular weight excluding hydrogens is 764 g/mol. The van der Waals surface area contributed by atoms with Crippen molar-refractivity contribution in [2.24, 2.45) is 11.8 Å². The molecule has 10 unspecified atom stereocenters. The first-order chi connectivity index (χ1) is 26.5. The van der Waals surface area contributed by atoms with Crippen molar-refractivity contribution in [1.29, 1.82) is 0 Å². The summed E-state index contributed by atoms with van der Waals surface area (Å²) in [7, 11) is 0. The lowest BCUT2D eigenvalue weighted by Gasteiger charge is -2.50. The normalized spacial score (nSPS) is 53.2. The van der Waals surface area contributed by atoms with Gasteiger partial charge in [-0.1, -0.05) is 13.8 Å². The standard InChI is InChI=1S/C33H58O23/c1-9-11(3)49-14(6-36)27(17(9)38)54-30-10(2)18(39)28(15(7-37)52-30)55-33-26(47)29(56-32-25(46)23(44)20(41)13(5-35)51-32)21(42)16(53-33)8-48-31-24(45)22(43)19(40)12(4-34)50-31/h9-47H,4-8H2,1-3H3/t9-,10+,11+,12?,13-,14?,15?,16?,17?,18?,19-,20-,21-,22?,23?,24-,25?,26-,27-,28-,29?,30+,31+,32-,33+/m1/s1. The molecule has 328 valence electrons. The van der Waals surface area contributed by atoms with Crippen LogP contribution in [0, 0.1) is 11.8 Å². The highest BCUT2D eigenvalue weighted by molar-refractivity contribution is 4.98. The van der Waals surface area contributed by atoms with E-state index in [0.717, 1.165) is 0 Å². The number of aliphatic hydroxyl groups excluding tert-OH is 14. The van der Waals surface area contributed by atoms with E-state index in [4.69, 9.17) is 42.6 Å². The molecule has 5 fully saturated rings. The first-order valence-electron chi connectivity index (χ1n) is 18.6. The third-order valence-corrected chi connectivity index (χ3v) is 11.3. The van der Waals surface area contributed by atoms with Gasteiger partial charge in [-0.2, -0.15) is 0 Å². The Balaban J connectivity index is 1.36. The summed E-state index contributed by atoms with van der Waals surface area (Å²) in [6, 6.07) is 0. The lowest BCUT2D eigenvalue weighted by atomic mass is 9.88. The number of hydrogen-bond donors (Lipinski definition) is 14. The fourth-order valence-corrected chi connectivity index (χ4v) is 7.47. The average molecular weight is 823 g/mol. The molecule has 14 N–H and O–H groups in total. The van der Waals surface area contributed by atoms with Crippen molar-refractivity contribution < 1.29 is 114 Å². The van der Waals surface area contributed by atoms with Crippen molar-refractivity contribution in [2.75, 3.05) is 33.0 Å². The first kappa shape index (κ1) is 46.2. The molecule has 0 aromatic rings. The maximum atomic E-state index is 11.5. The molecule has 25 atom stereocenters. The Kier molecular flexibility index (Phi) is 16.2. The Labute approximate surface area is 321 Å². The van der Waals surface area contributed by atoms with Gasteiger partial charge in [0, 0.05) is 11.8 Å². The summed E-state index contributed by atoms with van der Waals surface area (Å²) in [5, 5.41) is 147. The SMILES string of the molecule is C[C@@H]1OC(CO)[C@@H](O[C@@H]2OC(CO)[C@@H](O[C@@H]3OC(CO[C@H]4OC(CO)[C@@H](O)C(O)[C@H]4O)[C@@H](O)C(O[C@H]4O[C@H](CO)[C@@H](O)C(O)C4O)[C@H]3O)C(O)[C@@H]2C)C(O)[C@@H]1C. The van der Waals surface area contributed by atoms with E-state index in [0.29, 0.717) is 0 Å². The Bertz CT molecular complexity index is 1200. The van der Waals surface area contributed by atoms with Gasteiger partial charge in [-0.05, 0) is 6.92 Å². The maximum absolute atomic E-state index is 11.5. The second kappa shape index (κ2) is 19.6. The van der Waals surface area contributed by atoms with E-state index in [-0.39, 0.29) is 0 Å². The van der Waals surface area contributed by atoms with E-state index in [1.54, 1.807) is 13.8 Å². The highest BCUT2D eigenvalue weighted by Crippen LogP contribution is 2.37. The highest BCUT2D eigenvalue weighted by Gasteiger charge is 2.55. The summed E-state index contributed by atoms with van der Waals surface area (Å²) in [6.45, 7) is 1.31. The van der Waals surface area contributed by atoms with E-state index in [1.807, 2.05) is 0 Å². The number of aliphatic hydroxyl groups is 14. The Morgan fingerprint density at radius 2 is 0.768 bits per heavy atom. The molecule has 5 aliphatic rings. The summed E-state index contributed by atoms with van der Waals surface area (Å²) < 4.78 is 51.7. The minimum atomic E-state index is -2.03. The molecule has 56 heavy (non-hydrogen) atoms. The van der Waals surface area contributed by atoms with Crippen LogP contribution in [0.1, 0.15) is 20.8 Å². The summed E-state index contributed by atoms with van der Waals surface area (Å²) in [5.41, 5.74) is 0. The van der Waals surface area contributed by atoms with Gasteiger partial charge in [-0.25, -0.2) is 0 Å². The third-order valence-electron chi connectivity index (χ3n) is 11.3. The zero-order chi connectivity index (χ0) is 41.3. The zero-order valence-electron chi connectivity index (χ0n) is 30.9. The lowest BCUT2D eigenvalue weighted by molar-refractivity contribution is -0.385. The van der Waals surface area contributed by atoms with Gasteiger partial charge >= 0.3 is 0 Å². The largest absolute Gasteiger partial charge is 0.394 e. The Morgan fingerprint density at radius 3 is 1.32 bits per heavy atom. The minimum absolute atomic E-state index is 0.410. The van der Waals surface area contributed by atoms with E-state index in [2.05, 4.69) is 0 Å². The van der Waals surface area contributed by atoms with Gasteiger partial charge in [-0.3, -0.25) is 0 Å². The van der Waals surface area contributed by atoms with E-state index >= 15 is 0 Å².